The lowest BCUT2D eigenvalue weighted by molar-refractivity contribution is -0.143. The molecule has 0 saturated heterocycles. The lowest BCUT2D eigenvalue weighted by atomic mass is 9.71. The Balaban J connectivity index is 1.60. The van der Waals surface area contributed by atoms with Gasteiger partial charge in [0.25, 0.3) is 11.8 Å². The molecule has 1 atom stereocenters. The van der Waals surface area contributed by atoms with Gasteiger partial charge in [-0.1, -0.05) is 43.2 Å². The molecule has 3 aromatic rings. The number of amides is 2. The van der Waals surface area contributed by atoms with E-state index in [-0.39, 0.29) is 23.2 Å². The number of alkyl halides is 4. The van der Waals surface area contributed by atoms with Crippen molar-refractivity contribution in [1.29, 1.82) is 0 Å². The number of fused-ring (bicyclic) bond motifs is 1. The minimum absolute atomic E-state index is 0.108. The van der Waals surface area contributed by atoms with Crippen LogP contribution in [0.15, 0.2) is 60.7 Å². The second-order valence-electron chi connectivity index (χ2n) is 10.3. The van der Waals surface area contributed by atoms with E-state index in [2.05, 4.69) is 5.32 Å². The minimum Gasteiger partial charge on any atom is -0.481 e. The van der Waals surface area contributed by atoms with Gasteiger partial charge in [0, 0.05) is 23.4 Å². The predicted octanol–water partition coefficient (Wildman–Crippen LogP) is 6.56. The van der Waals surface area contributed by atoms with Crippen LogP contribution in [-0.2, 0) is 22.3 Å². The number of hydrogen-bond donors (Lipinski definition) is 2. The summed E-state index contributed by atoms with van der Waals surface area (Å²) in [6.45, 7) is -1.49. The monoisotopic (exact) mass is 572 g/mol. The molecule has 2 N–H and O–H groups in total. The van der Waals surface area contributed by atoms with Gasteiger partial charge in [0.15, 0.2) is 6.67 Å². The van der Waals surface area contributed by atoms with Crippen LogP contribution in [0.1, 0.15) is 58.6 Å². The highest BCUT2D eigenvalue weighted by molar-refractivity contribution is 6.02. The van der Waals surface area contributed by atoms with Gasteiger partial charge in [0.2, 0.25) is 0 Å². The number of nitrogens with zero attached hydrogens (tertiary/aromatic N) is 1. The highest BCUT2D eigenvalue weighted by Gasteiger charge is 2.56. The van der Waals surface area contributed by atoms with Crippen LogP contribution in [0.5, 0.6) is 0 Å². The zero-order valence-corrected chi connectivity index (χ0v) is 21.6. The molecule has 6 nitrogen and oxygen atoms in total. The Morgan fingerprint density at radius 2 is 1.71 bits per heavy atom. The highest BCUT2D eigenvalue weighted by atomic mass is 19.4. The highest BCUT2D eigenvalue weighted by Crippen LogP contribution is 2.51. The molecule has 1 unspecified atom stereocenters. The summed E-state index contributed by atoms with van der Waals surface area (Å²) in [5.74, 6) is -5.19. The van der Waals surface area contributed by atoms with Crippen LogP contribution >= 0.6 is 0 Å². The lowest BCUT2D eigenvalue weighted by Gasteiger charge is -2.49. The summed E-state index contributed by atoms with van der Waals surface area (Å²) in [7, 11) is 0. The summed E-state index contributed by atoms with van der Waals surface area (Å²) < 4.78 is 66.6. The number of hydrogen-bond acceptors (Lipinski definition) is 3. The number of para-hydroxylation sites is 1. The van der Waals surface area contributed by atoms with Gasteiger partial charge in [0.1, 0.15) is 11.7 Å². The van der Waals surface area contributed by atoms with Crippen molar-refractivity contribution in [3.63, 3.8) is 0 Å². The van der Waals surface area contributed by atoms with Crippen molar-refractivity contribution in [2.45, 2.75) is 49.9 Å². The van der Waals surface area contributed by atoms with E-state index in [1.807, 2.05) is 0 Å². The first-order chi connectivity index (χ1) is 19.5. The molecule has 1 spiro atoms. The molecule has 0 bridgehead atoms. The van der Waals surface area contributed by atoms with Crippen LogP contribution < -0.4 is 5.32 Å². The Bertz CT molecular complexity index is 1530. The van der Waals surface area contributed by atoms with E-state index >= 15 is 0 Å². The molecule has 1 fully saturated rings. The summed E-state index contributed by atoms with van der Waals surface area (Å²) in [6, 6.07) is 13.7. The Hall–Kier alpha value is -4.28. The van der Waals surface area contributed by atoms with Crippen molar-refractivity contribution in [3.05, 3.63) is 88.7 Å². The van der Waals surface area contributed by atoms with Crippen LogP contribution in [0.2, 0.25) is 0 Å². The van der Waals surface area contributed by atoms with Crippen molar-refractivity contribution in [2.24, 2.45) is 0 Å². The molecule has 5 rings (SSSR count). The van der Waals surface area contributed by atoms with Crippen LogP contribution in [0.4, 0.5) is 27.6 Å². The quantitative estimate of drug-likeness (QED) is 0.328. The number of nitrogens with one attached hydrogen (secondary N) is 1. The first-order valence-electron chi connectivity index (χ1n) is 13.0. The number of carboxylic acids is 1. The van der Waals surface area contributed by atoms with E-state index < -0.39 is 53.5 Å². The van der Waals surface area contributed by atoms with Gasteiger partial charge in [-0.3, -0.25) is 14.4 Å². The Morgan fingerprint density at radius 3 is 2.34 bits per heavy atom. The van der Waals surface area contributed by atoms with Gasteiger partial charge in [-0.25, -0.2) is 8.78 Å². The molecule has 2 amide bonds. The number of benzene rings is 3. The number of aliphatic carboxylic acids is 1. The molecule has 0 radical (unpaired) electrons. The lowest BCUT2D eigenvalue weighted by Crippen LogP contribution is -2.58. The van der Waals surface area contributed by atoms with E-state index in [0.717, 1.165) is 12.1 Å². The molecular weight excluding hydrogens is 547 g/mol. The van der Waals surface area contributed by atoms with Crippen LogP contribution in [0.3, 0.4) is 0 Å². The standard InChI is InChI=1S/C30H25F5N2O4/c31-15-25(38)36-24-6-2-1-5-19(24)18-8-9-20-21(14-18)26(28(40)41)29(11-3-4-12-29)37(27(20)39)16-17-7-10-22(23(32)13-17)30(33,34)35/h1-2,5-10,13-14,26H,3-4,11-12,15-16H2,(H,36,38)(H,40,41). The number of carbonyl (C=O) groups excluding carboxylic acids is 2. The van der Waals surface area contributed by atoms with Crippen molar-refractivity contribution < 1.29 is 41.4 Å². The summed E-state index contributed by atoms with van der Waals surface area (Å²) in [4.78, 5) is 39.9. The van der Waals surface area contributed by atoms with E-state index in [9.17, 15) is 41.4 Å². The zero-order chi connectivity index (χ0) is 29.5. The molecule has 0 aromatic heterocycles. The van der Waals surface area contributed by atoms with E-state index in [0.29, 0.717) is 48.6 Å². The minimum atomic E-state index is -4.88. The zero-order valence-electron chi connectivity index (χ0n) is 21.6. The number of rotatable bonds is 6. The van der Waals surface area contributed by atoms with E-state index in [1.165, 1.54) is 11.0 Å². The van der Waals surface area contributed by atoms with Gasteiger partial charge in [0.05, 0.1) is 11.1 Å². The maximum absolute atomic E-state index is 14.4. The van der Waals surface area contributed by atoms with Gasteiger partial charge < -0.3 is 15.3 Å². The average Bonchev–Trinajstić information content (AvgIpc) is 3.40. The van der Waals surface area contributed by atoms with Crippen LogP contribution in [-0.4, -0.2) is 40.0 Å². The molecule has 214 valence electrons. The molecule has 41 heavy (non-hydrogen) atoms. The number of halogens is 5. The second kappa shape index (κ2) is 10.6. The summed E-state index contributed by atoms with van der Waals surface area (Å²) >= 11 is 0. The third kappa shape index (κ3) is 5.05. The molecular formula is C30H25F5N2O4. The van der Waals surface area contributed by atoms with Crippen molar-refractivity contribution in [2.75, 3.05) is 12.0 Å². The molecule has 1 saturated carbocycles. The third-order valence-corrected chi connectivity index (χ3v) is 7.94. The topological polar surface area (TPSA) is 86.7 Å². The average molecular weight is 573 g/mol. The first kappa shape index (κ1) is 28.3. The Labute approximate surface area is 231 Å². The summed E-state index contributed by atoms with van der Waals surface area (Å²) in [5, 5.41) is 13.0. The summed E-state index contributed by atoms with van der Waals surface area (Å²) in [5.41, 5.74) is -0.815. The van der Waals surface area contributed by atoms with Gasteiger partial charge in [-0.05, 0) is 59.9 Å². The third-order valence-electron chi connectivity index (χ3n) is 7.94. The van der Waals surface area contributed by atoms with Crippen LogP contribution in [0.25, 0.3) is 11.1 Å². The smallest absolute Gasteiger partial charge is 0.419 e. The van der Waals surface area contributed by atoms with Crippen LogP contribution in [0, 0.1) is 5.82 Å². The molecule has 1 aliphatic carbocycles. The fraction of sp³-hybridized carbons (Fsp3) is 0.300. The molecule has 2 aliphatic rings. The maximum atomic E-state index is 14.4. The van der Waals surface area contributed by atoms with E-state index in [4.69, 9.17) is 0 Å². The SMILES string of the molecule is O=C(CF)Nc1ccccc1-c1ccc2c(c1)C(C(=O)O)C1(CCCC1)N(Cc1ccc(C(F)(F)F)c(F)c1)C2=O. The summed E-state index contributed by atoms with van der Waals surface area (Å²) in [6.07, 6.45) is -2.95. The number of carbonyl (C=O) groups is 3. The van der Waals surface area contributed by atoms with Gasteiger partial charge >= 0.3 is 12.1 Å². The van der Waals surface area contributed by atoms with Crippen molar-refractivity contribution in [3.8, 4) is 11.1 Å². The van der Waals surface area contributed by atoms with Crippen molar-refractivity contribution in [1.82, 2.24) is 4.90 Å². The maximum Gasteiger partial charge on any atom is 0.419 e. The van der Waals surface area contributed by atoms with Gasteiger partial charge in [-0.15, -0.1) is 0 Å². The largest absolute Gasteiger partial charge is 0.481 e. The van der Waals surface area contributed by atoms with E-state index in [1.54, 1.807) is 36.4 Å². The van der Waals surface area contributed by atoms with Crippen molar-refractivity contribution >= 4 is 23.5 Å². The Kier molecular flexibility index (Phi) is 7.31. The Morgan fingerprint density at radius 1 is 1.00 bits per heavy atom. The normalized spacial score (nSPS) is 17.9. The molecule has 3 aromatic carbocycles. The van der Waals surface area contributed by atoms with Gasteiger partial charge in [-0.2, -0.15) is 13.2 Å². The fourth-order valence-corrected chi connectivity index (χ4v) is 6.19. The molecule has 1 heterocycles. The second-order valence-corrected chi connectivity index (χ2v) is 10.3. The first-order valence-corrected chi connectivity index (χ1v) is 13.0. The number of carboxylic acid groups (broad SMARTS) is 1. The fourth-order valence-electron chi connectivity index (χ4n) is 6.19. The molecule has 11 heteroatoms. The molecule has 1 aliphatic heterocycles. The number of anilines is 1. The predicted molar refractivity (Wildman–Crippen MR) is 139 cm³/mol.